The van der Waals surface area contributed by atoms with Crippen LogP contribution in [0.1, 0.15) is 24.2 Å². The molecule has 1 aromatic rings. The number of carbonyl (C=O) groups excluding carboxylic acids is 2. The fourth-order valence-electron chi connectivity index (χ4n) is 2.38. The Labute approximate surface area is 119 Å². The molecule has 5 nitrogen and oxygen atoms in total. The van der Waals surface area contributed by atoms with Gasteiger partial charge in [-0.2, -0.15) is 0 Å². The van der Waals surface area contributed by atoms with Crippen LogP contribution in [0.25, 0.3) is 0 Å². The van der Waals surface area contributed by atoms with E-state index in [0.717, 1.165) is 24.3 Å². The van der Waals surface area contributed by atoms with Gasteiger partial charge in [-0.1, -0.05) is 0 Å². The number of Topliss-reactive ketones (excluding diaryl/α,β-unsaturated/α-hetero) is 1. The lowest BCUT2D eigenvalue weighted by Gasteiger charge is -2.36. The summed E-state index contributed by atoms with van der Waals surface area (Å²) in [6.45, 7) is 6.24. The highest BCUT2D eigenvalue weighted by Gasteiger charge is 2.23. The number of hydrogen-bond acceptors (Lipinski definition) is 4. The molecule has 1 fully saturated rings. The van der Waals surface area contributed by atoms with E-state index in [0.29, 0.717) is 13.1 Å². The summed E-state index contributed by atoms with van der Waals surface area (Å²) in [7, 11) is 0. The minimum absolute atomic E-state index is 0.0107. The molecule has 1 amide bonds. The summed E-state index contributed by atoms with van der Waals surface area (Å²) < 4.78 is 0. The Morgan fingerprint density at radius 3 is 2.10 bits per heavy atom. The van der Waals surface area contributed by atoms with Crippen LogP contribution >= 0.6 is 0 Å². The Balaban J connectivity index is 1.97. The summed E-state index contributed by atoms with van der Waals surface area (Å²) in [6.07, 6.45) is 0. The summed E-state index contributed by atoms with van der Waals surface area (Å²) in [5.41, 5.74) is 7.43. The van der Waals surface area contributed by atoms with Crippen molar-refractivity contribution in [3.8, 4) is 0 Å². The van der Waals surface area contributed by atoms with Gasteiger partial charge in [0.05, 0.1) is 6.04 Å². The first kappa shape index (κ1) is 14.5. The molecular weight excluding hydrogens is 254 g/mol. The maximum absolute atomic E-state index is 11.8. The molecule has 0 aromatic heterocycles. The van der Waals surface area contributed by atoms with Crippen molar-refractivity contribution in [3.05, 3.63) is 29.8 Å². The summed E-state index contributed by atoms with van der Waals surface area (Å²) in [6, 6.07) is 7.17. The topological polar surface area (TPSA) is 66.6 Å². The zero-order valence-corrected chi connectivity index (χ0v) is 12.0. The third-order valence-corrected chi connectivity index (χ3v) is 3.62. The molecule has 0 saturated carbocycles. The molecule has 2 rings (SSSR count). The Morgan fingerprint density at radius 1 is 1.10 bits per heavy atom. The molecule has 0 radical (unpaired) electrons. The van der Waals surface area contributed by atoms with E-state index in [1.807, 2.05) is 29.2 Å². The molecule has 0 unspecified atom stereocenters. The molecule has 0 aliphatic carbocycles. The zero-order chi connectivity index (χ0) is 14.7. The first-order chi connectivity index (χ1) is 9.49. The van der Waals surface area contributed by atoms with Gasteiger partial charge in [0.25, 0.3) is 0 Å². The van der Waals surface area contributed by atoms with Crippen LogP contribution in [0, 0.1) is 0 Å². The van der Waals surface area contributed by atoms with E-state index in [1.54, 1.807) is 13.8 Å². The van der Waals surface area contributed by atoms with Gasteiger partial charge in [0.15, 0.2) is 5.78 Å². The normalized spacial score (nSPS) is 16.9. The van der Waals surface area contributed by atoms with Crippen molar-refractivity contribution in [2.75, 3.05) is 31.1 Å². The van der Waals surface area contributed by atoms with E-state index in [9.17, 15) is 9.59 Å². The van der Waals surface area contributed by atoms with Gasteiger partial charge in [-0.3, -0.25) is 9.59 Å². The SMILES string of the molecule is CC(=O)c1ccc(N2CCN(C(=O)[C@@H](C)N)CC2)cc1. The average Bonchev–Trinajstić information content (AvgIpc) is 2.46. The van der Waals surface area contributed by atoms with E-state index in [1.165, 1.54) is 0 Å². The largest absolute Gasteiger partial charge is 0.368 e. The maximum atomic E-state index is 11.8. The average molecular weight is 275 g/mol. The predicted octanol–water partition coefficient (Wildman–Crippen LogP) is 0.885. The summed E-state index contributed by atoms with van der Waals surface area (Å²) in [5.74, 6) is 0.0838. The second-order valence-corrected chi connectivity index (χ2v) is 5.20. The molecule has 1 atom stereocenters. The van der Waals surface area contributed by atoms with Gasteiger partial charge in [0, 0.05) is 37.4 Å². The van der Waals surface area contributed by atoms with Gasteiger partial charge in [-0.15, -0.1) is 0 Å². The first-order valence-electron chi connectivity index (χ1n) is 6.89. The highest BCUT2D eigenvalue weighted by molar-refractivity contribution is 5.94. The minimum Gasteiger partial charge on any atom is -0.368 e. The number of nitrogens with zero attached hydrogens (tertiary/aromatic N) is 2. The molecule has 2 N–H and O–H groups in total. The number of benzene rings is 1. The number of amides is 1. The minimum atomic E-state index is -0.434. The van der Waals surface area contributed by atoms with Crippen molar-refractivity contribution in [3.63, 3.8) is 0 Å². The van der Waals surface area contributed by atoms with Crippen LogP contribution in [0.15, 0.2) is 24.3 Å². The van der Waals surface area contributed by atoms with Crippen LogP contribution in [-0.4, -0.2) is 48.8 Å². The van der Waals surface area contributed by atoms with Crippen molar-refractivity contribution < 1.29 is 9.59 Å². The first-order valence-corrected chi connectivity index (χ1v) is 6.89. The Bertz CT molecular complexity index is 488. The van der Waals surface area contributed by atoms with Gasteiger partial charge in [-0.25, -0.2) is 0 Å². The van der Waals surface area contributed by atoms with Gasteiger partial charge in [0.2, 0.25) is 5.91 Å². The van der Waals surface area contributed by atoms with Gasteiger partial charge in [0.1, 0.15) is 0 Å². The quantitative estimate of drug-likeness (QED) is 0.832. The van der Waals surface area contributed by atoms with Crippen LogP contribution in [0.5, 0.6) is 0 Å². The van der Waals surface area contributed by atoms with E-state index >= 15 is 0 Å². The van der Waals surface area contributed by atoms with Crippen LogP contribution in [0.2, 0.25) is 0 Å². The highest BCUT2D eigenvalue weighted by atomic mass is 16.2. The van der Waals surface area contributed by atoms with Gasteiger partial charge in [-0.05, 0) is 38.1 Å². The lowest BCUT2D eigenvalue weighted by molar-refractivity contribution is -0.132. The fourth-order valence-corrected chi connectivity index (χ4v) is 2.38. The van der Waals surface area contributed by atoms with E-state index in [2.05, 4.69) is 4.90 Å². The van der Waals surface area contributed by atoms with Gasteiger partial charge < -0.3 is 15.5 Å². The predicted molar refractivity (Wildman–Crippen MR) is 78.9 cm³/mol. The summed E-state index contributed by atoms with van der Waals surface area (Å²) in [5, 5.41) is 0. The molecule has 0 spiro atoms. The molecule has 1 heterocycles. The van der Waals surface area contributed by atoms with Crippen molar-refractivity contribution in [1.82, 2.24) is 4.90 Å². The number of ketones is 1. The molecular formula is C15H21N3O2. The summed E-state index contributed by atoms with van der Waals surface area (Å²) >= 11 is 0. The monoisotopic (exact) mass is 275 g/mol. The van der Waals surface area contributed by atoms with E-state index < -0.39 is 6.04 Å². The number of hydrogen-bond donors (Lipinski definition) is 1. The number of rotatable bonds is 3. The smallest absolute Gasteiger partial charge is 0.239 e. The Hall–Kier alpha value is -1.88. The second-order valence-electron chi connectivity index (χ2n) is 5.20. The molecule has 1 aromatic carbocycles. The van der Waals surface area contributed by atoms with Gasteiger partial charge >= 0.3 is 0 Å². The van der Waals surface area contributed by atoms with Crippen LogP contribution in [0.3, 0.4) is 0 Å². The summed E-state index contributed by atoms with van der Waals surface area (Å²) in [4.78, 5) is 27.1. The number of anilines is 1. The molecule has 108 valence electrons. The number of nitrogens with two attached hydrogens (primary N) is 1. The van der Waals surface area contributed by atoms with E-state index in [-0.39, 0.29) is 11.7 Å². The van der Waals surface area contributed by atoms with Crippen LogP contribution < -0.4 is 10.6 Å². The molecule has 1 aliphatic rings. The molecule has 0 bridgehead atoms. The Morgan fingerprint density at radius 2 is 1.65 bits per heavy atom. The van der Waals surface area contributed by atoms with E-state index in [4.69, 9.17) is 5.73 Å². The lowest BCUT2D eigenvalue weighted by atomic mass is 10.1. The lowest BCUT2D eigenvalue weighted by Crippen LogP contribution is -2.52. The number of piperazine rings is 1. The standard InChI is InChI=1S/C15H21N3O2/c1-11(16)15(20)18-9-7-17(8-10-18)14-5-3-13(4-6-14)12(2)19/h3-6,11H,7-10,16H2,1-2H3/t11-/m1/s1. The molecule has 1 aliphatic heterocycles. The third kappa shape index (κ3) is 3.17. The molecule has 20 heavy (non-hydrogen) atoms. The molecule has 1 saturated heterocycles. The highest BCUT2D eigenvalue weighted by Crippen LogP contribution is 2.17. The third-order valence-electron chi connectivity index (χ3n) is 3.62. The Kier molecular flexibility index (Phi) is 4.39. The zero-order valence-electron chi connectivity index (χ0n) is 12.0. The second kappa shape index (κ2) is 6.05. The van der Waals surface area contributed by atoms with Crippen LogP contribution in [0.4, 0.5) is 5.69 Å². The fraction of sp³-hybridized carbons (Fsp3) is 0.467. The van der Waals surface area contributed by atoms with Crippen molar-refractivity contribution in [1.29, 1.82) is 0 Å². The van der Waals surface area contributed by atoms with Crippen molar-refractivity contribution >= 4 is 17.4 Å². The van der Waals surface area contributed by atoms with Crippen molar-refractivity contribution in [2.45, 2.75) is 19.9 Å². The maximum Gasteiger partial charge on any atom is 0.239 e. The number of carbonyl (C=O) groups is 2. The van der Waals surface area contributed by atoms with Crippen LogP contribution in [-0.2, 0) is 4.79 Å². The van der Waals surface area contributed by atoms with Crippen molar-refractivity contribution in [2.24, 2.45) is 5.73 Å². The molecule has 5 heteroatoms.